The van der Waals surface area contributed by atoms with Crippen LogP contribution >= 0.6 is 0 Å². The van der Waals surface area contributed by atoms with E-state index in [-0.39, 0.29) is 0 Å². The van der Waals surface area contributed by atoms with Gasteiger partial charge in [0.05, 0.1) is 0 Å². The molecule has 0 atom stereocenters. The van der Waals surface area contributed by atoms with Crippen molar-refractivity contribution in [1.29, 1.82) is 0 Å². The molecular weight excluding hydrogens is 273 g/mol. The highest BCUT2D eigenvalue weighted by molar-refractivity contribution is 5.67. The lowest BCUT2D eigenvalue weighted by atomic mass is 9.96. The number of likely N-dealkylation sites (tertiary alicyclic amines) is 1. The van der Waals surface area contributed by atoms with Crippen molar-refractivity contribution in [2.75, 3.05) is 39.3 Å². The Balaban J connectivity index is 2.29. The number of alkyl halides is 3. The third-order valence-electron chi connectivity index (χ3n) is 3.64. The molecular formula is C13H23F3N2O2. The number of halogens is 3. The second-order valence-electron chi connectivity index (χ2n) is 5.09. The molecule has 0 bridgehead atoms. The van der Waals surface area contributed by atoms with Gasteiger partial charge in [-0.15, -0.1) is 0 Å². The van der Waals surface area contributed by atoms with Gasteiger partial charge in [0.1, 0.15) is 0 Å². The lowest BCUT2D eigenvalue weighted by Gasteiger charge is -2.33. The quantitative estimate of drug-likeness (QED) is 0.782. The summed E-state index contributed by atoms with van der Waals surface area (Å²) in [5, 5.41) is 0. The number of nitrogens with zero attached hydrogens (tertiary/aromatic N) is 2. The number of carbonyl (C=O) groups is 1. The molecule has 1 amide bonds. The Kier molecular flexibility index (Phi) is 6.58. The largest absolute Gasteiger partial charge is 0.440 e. The van der Waals surface area contributed by atoms with E-state index in [0.29, 0.717) is 19.0 Å². The Labute approximate surface area is 117 Å². The van der Waals surface area contributed by atoms with Crippen molar-refractivity contribution in [3.63, 3.8) is 0 Å². The van der Waals surface area contributed by atoms with Gasteiger partial charge in [-0.25, -0.2) is 4.79 Å². The van der Waals surface area contributed by atoms with Gasteiger partial charge < -0.3 is 14.5 Å². The van der Waals surface area contributed by atoms with Crippen LogP contribution in [0, 0.1) is 5.92 Å². The molecule has 4 nitrogen and oxygen atoms in total. The van der Waals surface area contributed by atoms with Crippen molar-refractivity contribution >= 4 is 6.09 Å². The van der Waals surface area contributed by atoms with Crippen molar-refractivity contribution in [2.24, 2.45) is 5.92 Å². The average molecular weight is 296 g/mol. The van der Waals surface area contributed by atoms with Gasteiger partial charge in [-0.2, -0.15) is 13.2 Å². The third kappa shape index (κ3) is 5.98. The van der Waals surface area contributed by atoms with E-state index in [2.05, 4.69) is 23.5 Å². The van der Waals surface area contributed by atoms with Gasteiger partial charge in [-0.1, -0.05) is 13.8 Å². The zero-order valence-electron chi connectivity index (χ0n) is 12.1. The fraction of sp³-hybridized carbons (Fsp3) is 0.923. The molecule has 118 valence electrons. The van der Waals surface area contributed by atoms with Gasteiger partial charge in [0.2, 0.25) is 0 Å². The van der Waals surface area contributed by atoms with E-state index in [4.69, 9.17) is 0 Å². The second-order valence-corrected chi connectivity index (χ2v) is 5.09. The summed E-state index contributed by atoms with van der Waals surface area (Å²) in [5.41, 5.74) is 0. The summed E-state index contributed by atoms with van der Waals surface area (Å²) in [6.45, 7) is 6.61. The molecule has 0 aromatic rings. The van der Waals surface area contributed by atoms with Crippen LogP contribution in [0.25, 0.3) is 0 Å². The maximum absolute atomic E-state index is 12.0. The first-order valence-electron chi connectivity index (χ1n) is 7.06. The van der Waals surface area contributed by atoms with E-state index >= 15 is 0 Å². The highest BCUT2D eigenvalue weighted by atomic mass is 19.4. The molecule has 0 saturated carbocycles. The van der Waals surface area contributed by atoms with E-state index in [1.807, 2.05) is 0 Å². The molecule has 1 saturated heterocycles. The second kappa shape index (κ2) is 7.71. The minimum Gasteiger partial charge on any atom is -0.440 e. The van der Waals surface area contributed by atoms with Crippen molar-refractivity contribution < 1.29 is 22.7 Å². The van der Waals surface area contributed by atoms with Crippen molar-refractivity contribution in [3.05, 3.63) is 0 Å². The van der Waals surface area contributed by atoms with Gasteiger partial charge in [-0.05, 0) is 31.8 Å². The number of rotatable bonds is 5. The average Bonchev–Trinajstić information content (AvgIpc) is 2.42. The molecule has 0 radical (unpaired) electrons. The normalized spacial score (nSPS) is 17.6. The molecule has 1 fully saturated rings. The third-order valence-corrected chi connectivity index (χ3v) is 3.64. The zero-order chi connectivity index (χ0) is 15.2. The highest BCUT2D eigenvalue weighted by Crippen LogP contribution is 2.20. The molecule has 0 aromatic carbocycles. The van der Waals surface area contributed by atoms with Gasteiger partial charge in [0, 0.05) is 19.6 Å². The van der Waals surface area contributed by atoms with Crippen LogP contribution in [0.1, 0.15) is 26.7 Å². The fourth-order valence-electron chi connectivity index (χ4n) is 2.38. The molecule has 0 unspecified atom stereocenters. The van der Waals surface area contributed by atoms with Crippen molar-refractivity contribution in [3.8, 4) is 0 Å². The van der Waals surface area contributed by atoms with E-state index < -0.39 is 18.9 Å². The molecule has 0 N–H and O–H groups in total. The fourth-order valence-corrected chi connectivity index (χ4v) is 2.38. The topological polar surface area (TPSA) is 32.8 Å². The summed E-state index contributed by atoms with van der Waals surface area (Å²) in [4.78, 5) is 15.2. The molecule has 7 heteroatoms. The summed E-state index contributed by atoms with van der Waals surface area (Å²) >= 11 is 0. The number of hydrogen-bond acceptors (Lipinski definition) is 3. The predicted octanol–water partition coefficient (Wildman–Crippen LogP) is 2.74. The first kappa shape index (κ1) is 17.1. The maximum atomic E-state index is 12.0. The summed E-state index contributed by atoms with van der Waals surface area (Å²) in [5.74, 6) is 0.501. The van der Waals surface area contributed by atoms with Crippen molar-refractivity contribution in [2.45, 2.75) is 32.9 Å². The van der Waals surface area contributed by atoms with Crippen LogP contribution < -0.4 is 0 Å². The van der Waals surface area contributed by atoms with E-state index in [9.17, 15) is 18.0 Å². The number of piperidine rings is 1. The molecule has 0 spiro atoms. The Morgan fingerprint density at radius 2 is 1.80 bits per heavy atom. The van der Waals surface area contributed by atoms with Gasteiger partial charge in [-0.3, -0.25) is 0 Å². The van der Waals surface area contributed by atoms with Crippen molar-refractivity contribution in [1.82, 2.24) is 9.80 Å². The highest BCUT2D eigenvalue weighted by Gasteiger charge is 2.31. The van der Waals surface area contributed by atoms with Crippen LogP contribution in [0.3, 0.4) is 0 Å². The number of hydrogen-bond donors (Lipinski definition) is 0. The molecule has 1 rings (SSSR count). The van der Waals surface area contributed by atoms with Crippen LogP contribution in [-0.4, -0.2) is 61.4 Å². The summed E-state index contributed by atoms with van der Waals surface area (Å²) in [7, 11) is 0. The number of amides is 1. The lowest BCUT2D eigenvalue weighted by Crippen LogP contribution is -2.42. The Morgan fingerprint density at radius 1 is 1.25 bits per heavy atom. The van der Waals surface area contributed by atoms with Crippen LogP contribution in [0.15, 0.2) is 0 Å². The standard InChI is InChI=1S/C13H23F3N2O2/c1-3-17(4-2)9-11-5-7-18(8-6-11)12(19)20-10-13(14,15)16/h11H,3-10H2,1-2H3. The first-order chi connectivity index (χ1) is 9.35. The Hall–Kier alpha value is -0.980. The molecule has 1 heterocycles. The molecule has 1 aliphatic rings. The van der Waals surface area contributed by atoms with E-state index in [1.165, 1.54) is 4.90 Å². The Bertz CT molecular complexity index is 298. The molecule has 1 aliphatic heterocycles. The SMILES string of the molecule is CCN(CC)CC1CCN(C(=O)OCC(F)(F)F)CC1. The summed E-state index contributed by atoms with van der Waals surface area (Å²) in [6, 6.07) is 0. The monoisotopic (exact) mass is 296 g/mol. The van der Waals surface area contributed by atoms with E-state index in [1.54, 1.807) is 0 Å². The molecule has 20 heavy (non-hydrogen) atoms. The van der Waals surface area contributed by atoms with E-state index in [0.717, 1.165) is 32.5 Å². The van der Waals surface area contributed by atoms with Crippen LogP contribution in [0.4, 0.5) is 18.0 Å². The minimum atomic E-state index is -4.46. The first-order valence-corrected chi connectivity index (χ1v) is 7.06. The molecule has 0 aliphatic carbocycles. The van der Waals surface area contributed by atoms with Gasteiger partial charge in [0.25, 0.3) is 0 Å². The smallest absolute Gasteiger partial charge is 0.422 e. The predicted molar refractivity (Wildman–Crippen MR) is 69.5 cm³/mol. The molecule has 0 aromatic heterocycles. The minimum absolute atomic E-state index is 0.475. The van der Waals surface area contributed by atoms with Crippen LogP contribution in [-0.2, 0) is 4.74 Å². The summed E-state index contributed by atoms with van der Waals surface area (Å²) < 4.78 is 40.2. The van der Waals surface area contributed by atoms with Gasteiger partial charge >= 0.3 is 12.3 Å². The van der Waals surface area contributed by atoms with Gasteiger partial charge in [0.15, 0.2) is 6.61 Å². The lowest BCUT2D eigenvalue weighted by molar-refractivity contribution is -0.162. The maximum Gasteiger partial charge on any atom is 0.422 e. The van der Waals surface area contributed by atoms with Crippen LogP contribution in [0.2, 0.25) is 0 Å². The number of ether oxygens (including phenoxy) is 1. The van der Waals surface area contributed by atoms with Crippen LogP contribution in [0.5, 0.6) is 0 Å². The zero-order valence-corrected chi connectivity index (χ0v) is 12.1. The Morgan fingerprint density at radius 3 is 2.25 bits per heavy atom. The summed E-state index contributed by atoms with van der Waals surface area (Å²) in [6.07, 6.45) is -3.69. The number of carbonyl (C=O) groups excluding carboxylic acids is 1.